The Morgan fingerprint density at radius 1 is 0.758 bits per heavy atom. The highest BCUT2D eigenvalue weighted by atomic mass is 16.3. The fourth-order valence-corrected chi connectivity index (χ4v) is 5.23. The van der Waals surface area contributed by atoms with Crippen LogP contribution in [0.5, 0.6) is 5.75 Å². The Balaban J connectivity index is 2.01. The zero-order valence-electron chi connectivity index (χ0n) is 20.8. The maximum atomic E-state index is 11.7. The number of H-pyrrole nitrogens is 1. The van der Waals surface area contributed by atoms with Crippen LogP contribution in [0.1, 0.15) is 71.6 Å². The third kappa shape index (κ3) is 4.39. The first-order valence-electron chi connectivity index (χ1n) is 11.6. The summed E-state index contributed by atoms with van der Waals surface area (Å²) in [6.07, 6.45) is 1.02. The third-order valence-corrected chi connectivity index (χ3v) is 6.67. The maximum Gasteiger partial charge on any atom is 0.127 e. The first-order chi connectivity index (χ1) is 15.4. The number of aromatic amines is 1. The van der Waals surface area contributed by atoms with Crippen molar-refractivity contribution in [3.05, 3.63) is 77.4 Å². The summed E-state index contributed by atoms with van der Waals surface area (Å²) in [7, 11) is 0. The van der Waals surface area contributed by atoms with Crippen molar-refractivity contribution in [2.24, 2.45) is 5.41 Å². The number of phenols is 1. The number of rotatable bonds is 5. The molecular formula is C29H35N3O. The van der Waals surface area contributed by atoms with Crippen molar-refractivity contribution < 1.29 is 5.11 Å². The zero-order valence-corrected chi connectivity index (χ0v) is 20.8. The number of benzene rings is 3. The molecule has 0 aliphatic heterocycles. The van der Waals surface area contributed by atoms with Crippen molar-refractivity contribution in [2.45, 2.75) is 65.7 Å². The summed E-state index contributed by atoms with van der Waals surface area (Å²) in [5, 5.41) is 23.1. The molecule has 172 valence electrons. The minimum atomic E-state index is -0.383. The van der Waals surface area contributed by atoms with Gasteiger partial charge in [-0.2, -0.15) is 15.4 Å². The Hall–Kier alpha value is -3.14. The molecule has 4 heteroatoms. The lowest BCUT2D eigenvalue weighted by Crippen LogP contribution is -2.26. The van der Waals surface area contributed by atoms with Gasteiger partial charge in [0.05, 0.1) is 0 Å². The smallest absolute Gasteiger partial charge is 0.127 e. The highest BCUT2D eigenvalue weighted by Crippen LogP contribution is 2.47. The third-order valence-electron chi connectivity index (χ3n) is 6.67. The van der Waals surface area contributed by atoms with E-state index in [9.17, 15) is 5.11 Å². The lowest BCUT2D eigenvalue weighted by molar-refractivity contribution is 0.283. The average Bonchev–Trinajstić information content (AvgIpc) is 3.21. The molecule has 2 N–H and O–H groups in total. The maximum absolute atomic E-state index is 11.7. The molecular weight excluding hydrogens is 406 g/mol. The number of hydrogen-bond donors (Lipinski definition) is 2. The number of fused-ring (bicyclic) bond motifs is 1. The van der Waals surface area contributed by atoms with Crippen LogP contribution in [0.15, 0.2) is 60.7 Å². The van der Waals surface area contributed by atoms with E-state index < -0.39 is 0 Å². The normalized spacial score (nSPS) is 12.9. The van der Waals surface area contributed by atoms with Crippen LogP contribution in [0, 0.1) is 5.41 Å². The Bertz CT molecular complexity index is 1280. The lowest BCUT2D eigenvalue weighted by atomic mass is 9.69. The molecule has 0 aliphatic rings. The van der Waals surface area contributed by atoms with Crippen LogP contribution in [0.25, 0.3) is 22.2 Å². The number of aromatic hydroxyl groups is 1. The second-order valence-electron chi connectivity index (χ2n) is 11.5. The molecule has 0 radical (unpaired) electrons. The van der Waals surface area contributed by atoms with Gasteiger partial charge in [0, 0.05) is 22.1 Å². The van der Waals surface area contributed by atoms with Crippen molar-refractivity contribution >= 4 is 11.0 Å². The molecule has 0 unspecified atom stereocenters. The van der Waals surface area contributed by atoms with E-state index in [1.807, 2.05) is 24.3 Å². The van der Waals surface area contributed by atoms with Crippen LogP contribution < -0.4 is 0 Å². The standard InChI is InChI=1S/C29H35N3O/c1-27(2,3)18-28(4,5)20-16-22(21-14-11-15-24-25(21)31-32-30-24)26(33)23(17-20)29(6,7)19-12-9-8-10-13-19/h8-17,33H,18H2,1-7H3,(H,30,31,32). The molecule has 4 aromatic rings. The Kier molecular flexibility index (Phi) is 5.60. The van der Waals surface area contributed by atoms with Gasteiger partial charge in [-0.1, -0.05) is 97.0 Å². The van der Waals surface area contributed by atoms with Crippen LogP contribution in [0.3, 0.4) is 0 Å². The topological polar surface area (TPSA) is 61.8 Å². The Labute approximate surface area is 197 Å². The molecule has 0 aliphatic carbocycles. The zero-order chi connectivity index (χ0) is 24.0. The molecule has 1 aromatic heterocycles. The van der Waals surface area contributed by atoms with E-state index in [1.54, 1.807) is 0 Å². The molecule has 1 heterocycles. The number of phenolic OH excluding ortho intramolecular Hbond substituents is 1. The number of nitrogens with one attached hydrogen (secondary N) is 1. The summed E-state index contributed by atoms with van der Waals surface area (Å²) >= 11 is 0. The molecule has 0 spiro atoms. The van der Waals surface area contributed by atoms with E-state index in [-0.39, 0.29) is 16.2 Å². The highest BCUT2D eigenvalue weighted by molar-refractivity contribution is 5.93. The number of hydrogen-bond acceptors (Lipinski definition) is 3. The molecule has 4 rings (SSSR count). The van der Waals surface area contributed by atoms with Crippen molar-refractivity contribution in [1.29, 1.82) is 0 Å². The summed E-state index contributed by atoms with van der Waals surface area (Å²) in [6.45, 7) is 15.8. The van der Waals surface area contributed by atoms with Crippen LogP contribution in [-0.4, -0.2) is 20.5 Å². The monoisotopic (exact) mass is 441 g/mol. The minimum Gasteiger partial charge on any atom is -0.507 e. The average molecular weight is 442 g/mol. The van der Waals surface area contributed by atoms with Gasteiger partial charge in [0.15, 0.2) is 0 Å². The number of aromatic nitrogens is 3. The van der Waals surface area contributed by atoms with Gasteiger partial charge in [0.2, 0.25) is 0 Å². The SMILES string of the molecule is CC(C)(C)CC(C)(C)c1cc(-c2cccc3n[nH]nc23)c(O)c(C(C)(C)c2ccccc2)c1. The van der Waals surface area contributed by atoms with Crippen LogP contribution in [0.2, 0.25) is 0 Å². The molecule has 4 nitrogen and oxygen atoms in total. The van der Waals surface area contributed by atoms with E-state index >= 15 is 0 Å². The largest absolute Gasteiger partial charge is 0.507 e. The van der Waals surface area contributed by atoms with Gasteiger partial charge in [-0.3, -0.25) is 0 Å². The number of nitrogens with zero attached hydrogens (tertiary/aromatic N) is 2. The predicted octanol–water partition coefficient (Wildman–Crippen LogP) is 7.37. The van der Waals surface area contributed by atoms with Gasteiger partial charge < -0.3 is 5.11 Å². The summed E-state index contributed by atoms with van der Waals surface area (Å²) in [4.78, 5) is 0. The van der Waals surface area contributed by atoms with Crippen LogP contribution in [-0.2, 0) is 10.8 Å². The van der Waals surface area contributed by atoms with Crippen molar-refractivity contribution in [3.8, 4) is 16.9 Å². The van der Waals surface area contributed by atoms with Crippen LogP contribution >= 0.6 is 0 Å². The van der Waals surface area contributed by atoms with Gasteiger partial charge in [-0.05, 0) is 40.5 Å². The quantitative estimate of drug-likeness (QED) is 0.340. The van der Waals surface area contributed by atoms with E-state index in [0.29, 0.717) is 5.75 Å². The Morgan fingerprint density at radius 2 is 1.45 bits per heavy atom. The lowest BCUT2D eigenvalue weighted by Gasteiger charge is -2.35. The minimum absolute atomic E-state index is 0.0834. The van der Waals surface area contributed by atoms with Gasteiger partial charge in [-0.25, -0.2) is 0 Å². The molecule has 0 atom stereocenters. The predicted molar refractivity (Wildman–Crippen MR) is 137 cm³/mol. The highest BCUT2D eigenvalue weighted by Gasteiger charge is 2.33. The van der Waals surface area contributed by atoms with E-state index in [1.165, 1.54) is 5.56 Å². The summed E-state index contributed by atoms with van der Waals surface area (Å²) < 4.78 is 0. The fraction of sp³-hybridized carbons (Fsp3) is 0.379. The summed E-state index contributed by atoms with van der Waals surface area (Å²) in [5.74, 6) is 0.301. The van der Waals surface area contributed by atoms with Gasteiger partial charge in [-0.15, -0.1) is 0 Å². The molecule has 0 bridgehead atoms. The van der Waals surface area contributed by atoms with Crippen molar-refractivity contribution in [1.82, 2.24) is 15.4 Å². The first-order valence-corrected chi connectivity index (χ1v) is 11.6. The fourth-order valence-electron chi connectivity index (χ4n) is 5.23. The van der Waals surface area contributed by atoms with Crippen molar-refractivity contribution in [3.63, 3.8) is 0 Å². The molecule has 0 amide bonds. The van der Waals surface area contributed by atoms with Crippen molar-refractivity contribution in [2.75, 3.05) is 0 Å². The van der Waals surface area contributed by atoms with Gasteiger partial charge >= 0.3 is 0 Å². The molecule has 3 aromatic carbocycles. The van der Waals surface area contributed by atoms with E-state index in [2.05, 4.69) is 100 Å². The second kappa shape index (κ2) is 8.02. The van der Waals surface area contributed by atoms with E-state index in [4.69, 9.17) is 0 Å². The van der Waals surface area contributed by atoms with Gasteiger partial charge in [0.25, 0.3) is 0 Å². The van der Waals surface area contributed by atoms with E-state index in [0.717, 1.165) is 39.7 Å². The summed E-state index contributed by atoms with van der Waals surface area (Å²) in [6, 6.07) is 20.7. The second-order valence-corrected chi connectivity index (χ2v) is 11.5. The first kappa shape index (κ1) is 23.0. The van der Waals surface area contributed by atoms with Gasteiger partial charge in [0.1, 0.15) is 16.8 Å². The van der Waals surface area contributed by atoms with Crippen LogP contribution in [0.4, 0.5) is 0 Å². The molecule has 33 heavy (non-hydrogen) atoms. The Morgan fingerprint density at radius 3 is 2.12 bits per heavy atom. The molecule has 0 saturated heterocycles. The molecule has 0 saturated carbocycles. The molecule has 0 fully saturated rings. The summed E-state index contributed by atoms with van der Waals surface area (Å²) in [5.41, 5.74) is 6.24. The number of para-hydroxylation sites is 1.